The first-order valence-corrected chi connectivity index (χ1v) is 7.44. The van der Waals surface area contributed by atoms with Gasteiger partial charge >= 0.3 is 0 Å². The summed E-state index contributed by atoms with van der Waals surface area (Å²) in [6.45, 7) is 5.34. The summed E-state index contributed by atoms with van der Waals surface area (Å²) in [5, 5.41) is 0. The predicted molar refractivity (Wildman–Crippen MR) is 75.7 cm³/mol. The number of ether oxygens (including phenoxy) is 1. The Labute approximate surface area is 113 Å². The lowest BCUT2D eigenvalue weighted by Gasteiger charge is -2.23. The van der Waals surface area contributed by atoms with Crippen LogP contribution in [0.1, 0.15) is 30.9 Å². The highest BCUT2D eigenvalue weighted by molar-refractivity contribution is 9.09. The van der Waals surface area contributed by atoms with Crippen molar-refractivity contribution in [1.82, 2.24) is 0 Å². The van der Waals surface area contributed by atoms with Gasteiger partial charge in [-0.2, -0.15) is 0 Å². The Hall–Kier alpha value is -0.340. The molecule has 2 rings (SSSR count). The molecule has 1 heterocycles. The Balaban J connectivity index is 2.01. The molecule has 1 aromatic carbocycles. The molecule has 3 atom stereocenters. The maximum Gasteiger partial charge on any atom is 0.0612 e. The summed E-state index contributed by atoms with van der Waals surface area (Å²) in [4.78, 5) is 0.538. The second-order valence-corrected chi connectivity index (χ2v) is 6.09. The molecule has 0 radical (unpaired) electrons. The van der Waals surface area contributed by atoms with Crippen molar-refractivity contribution in [2.24, 2.45) is 5.92 Å². The number of alkyl halides is 1. The minimum absolute atomic E-state index is 0.448. The molecule has 0 saturated carbocycles. The topological polar surface area (TPSA) is 9.23 Å². The van der Waals surface area contributed by atoms with Crippen molar-refractivity contribution in [3.63, 3.8) is 0 Å². The van der Waals surface area contributed by atoms with Crippen molar-refractivity contribution < 1.29 is 4.74 Å². The highest BCUT2D eigenvalue weighted by Gasteiger charge is 2.32. The van der Waals surface area contributed by atoms with Gasteiger partial charge in [0.25, 0.3) is 0 Å². The monoisotopic (exact) mass is 296 g/mol. The molecule has 1 saturated heterocycles. The van der Waals surface area contributed by atoms with Crippen molar-refractivity contribution in [1.29, 1.82) is 0 Å². The van der Waals surface area contributed by atoms with Gasteiger partial charge in [-0.1, -0.05) is 47.1 Å². The highest BCUT2D eigenvalue weighted by Crippen LogP contribution is 2.32. The minimum atomic E-state index is 0.448. The molecule has 17 heavy (non-hydrogen) atoms. The molecule has 1 aliphatic rings. The molecular weight excluding hydrogens is 276 g/mol. The van der Waals surface area contributed by atoms with Gasteiger partial charge in [0, 0.05) is 17.4 Å². The fraction of sp³-hybridized carbons (Fsp3) is 0.600. The standard InChI is InChI=1S/C15H21BrO/c1-3-15-13(8-9-17-15)14(16)10-12-7-5-4-6-11(12)2/h4-7,13-15H,3,8-10H2,1-2H3. The van der Waals surface area contributed by atoms with Gasteiger partial charge in [0.15, 0.2) is 0 Å². The lowest BCUT2D eigenvalue weighted by molar-refractivity contribution is 0.0873. The first-order chi connectivity index (χ1) is 8.22. The van der Waals surface area contributed by atoms with Gasteiger partial charge in [-0.15, -0.1) is 0 Å². The van der Waals surface area contributed by atoms with E-state index in [2.05, 4.69) is 54.0 Å². The molecule has 0 spiro atoms. The molecule has 1 nitrogen and oxygen atoms in total. The first-order valence-electron chi connectivity index (χ1n) is 6.52. The average molecular weight is 297 g/mol. The first kappa shape index (κ1) is 13.1. The molecule has 1 fully saturated rings. The quantitative estimate of drug-likeness (QED) is 0.760. The molecular formula is C15H21BrO. The largest absolute Gasteiger partial charge is 0.378 e. The predicted octanol–water partition coefficient (Wildman–Crippen LogP) is 4.12. The van der Waals surface area contributed by atoms with Crippen LogP contribution in [0.25, 0.3) is 0 Å². The highest BCUT2D eigenvalue weighted by atomic mass is 79.9. The normalized spacial score (nSPS) is 26.1. The lowest BCUT2D eigenvalue weighted by Crippen LogP contribution is -2.25. The van der Waals surface area contributed by atoms with E-state index in [0.29, 0.717) is 16.8 Å². The van der Waals surface area contributed by atoms with Gasteiger partial charge in [-0.25, -0.2) is 0 Å². The second kappa shape index (κ2) is 6.01. The molecule has 2 heteroatoms. The Morgan fingerprint density at radius 1 is 1.41 bits per heavy atom. The summed E-state index contributed by atoms with van der Waals surface area (Å²) in [6, 6.07) is 8.66. The number of hydrogen-bond acceptors (Lipinski definition) is 1. The van der Waals surface area contributed by atoms with Crippen LogP contribution in [0.2, 0.25) is 0 Å². The van der Waals surface area contributed by atoms with E-state index in [4.69, 9.17) is 4.74 Å². The van der Waals surface area contributed by atoms with Crippen LogP contribution < -0.4 is 0 Å². The average Bonchev–Trinajstić information content (AvgIpc) is 2.80. The van der Waals surface area contributed by atoms with E-state index in [9.17, 15) is 0 Å². The van der Waals surface area contributed by atoms with Crippen molar-refractivity contribution in [2.75, 3.05) is 6.61 Å². The zero-order valence-corrected chi connectivity index (χ0v) is 12.2. The molecule has 1 aromatic rings. The van der Waals surface area contributed by atoms with Crippen molar-refractivity contribution >= 4 is 15.9 Å². The SMILES string of the molecule is CCC1OCCC1C(Br)Cc1ccccc1C. The Morgan fingerprint density at radius 2 is 2.18 bits per heavy atom. The zero-order valence-electron chi connectivity index (χ0n) is 10.7. The van der Waals surface area contributed by atoms with E-state index >= 15 is 0 Å². The van der Waals surface area contributed by atoms with Crippen LogP contribution in [0.4, 0.5) is 0 Å². The Bertz CT molecular complexity index is 364. The zero-order chi connectivity index (χ0) is 12.3. The third-order valence-electron chi connectivity index (χ3n) is 3.80. The minimum Gasteiger partial charge on any atom is -0.378 e. The summed E-state index contributed by atoms with van der Waals surface area (Å²) in [6.07, 6.45) is 3.88. The van der Waals surface area contributed by atoms with Crippen LogP contribution >= 0.6 is 15.9 Å². The summed E-state index contributed by atoms with van der Waals surface area (Å²) in [5.74, 6) is 0.666. The van der Waals surface area contributed by atoms with Gasteiger partial charge in [-0.05, 0) is 37.3 Å². The molecule has 0 aliphatic carbocycles. The fourth-order valence-electron chi connectivity index (χ4n) is 2.70. The number of hydrogen-bond donors (Lipinski definition) is 0. The maximum atomic E-state index is 5.77. The van der Waals surface area contributed by atoms with Gasteiger partial charge < -0.3 is 4.74 Å². The van der Waals surface area contributed by atoms with Crippen molar-refractivity contribution in [2.45, 2.75) is 44.0 Å². The van der Waals surface area contributed by atoms with Gasteiger partial charge in [-0.3, -0.25) is 0 Å². The van der Waals surface area contributed by atoms with Crippen LogP contribution in [-0.4, -0.2) is 17.5 Å². The van der Waals surface area contributed by atoms with Crippen LogP contribution in [0, 0.1) is 12.8 Å². The second-order valence-electron chi connectivity index (χ2n) is 4.92. The van der Waals surface area contributed by atoms with Gasteiger partial charge in [0.2, 0.25) is 0 Å². The lowest BCUT2D eigenvalue weighted by atomic mass is 9.91. The van der Waals surface area contributed by atoms with Gasteiger partial charge in [0.05, 0.1) is 6.10 Å². The van der Waals surface area contributed by atoms with E-state index in [0.717, 1.165) is 19.4 Å². The number of rotatable bonds is 4. The molecule has 0 aromatic heterocycles. The van der Waals surface area contributed by atoms with Crippen molar-refractivity contribution in [3.05, 3.63) is 35.4 Å². The Kier molecular flexibility index (Phi) is 4.63. The number of benzene rings is 1. The van der Waals surface area contributed by atoms with E-state index in [-0.39, 0.29) is 0 Å². The number of halogens is 1. The van der Waals surface area contributed by atoms with E-state index in [1.807, 2.05) is 0 Å². The molecule has 94 valence electrons. The smallest absolute Gasteiger partial charge is 0.0612 e. The maximum absolute atomic E-state index is 5.77. The van der Waals surface area contributed by atoms with E-state index in [1.165, 1.54) is 17.5 Å². The summed E-state index contributed by atoms with van der Waals surface area (Å²) in [5.41, 5.74) is 2.85. The van der Waals surface area contributed by atoms with Crippen LogP contribution in [0.15, 0.2) is 24.3 Å². The molecule has 1 aliphatic heterocycles. The fourth-order valence-corrected chi connectivity index (χ4v) is 3.65. The Morgan fingerprint density at radius 3 is 2.88 bits per heavy atom. The van der Waals surface area contributed by atoms with E-state index < -0.39 is 0 Å². The molecule has 0 bridgehead atoms. The molecule has 3 unspecified atom stereocenters. The third-order valence-corrected chi connectivity index (χ3v) is 4.81. The summed E-state index contributed by atoms with van der Waals surface area (Å²) in [7, 11) is 0. The third kappa shape index (κ3) is 3.11. The van der Waals surface area contributed by atoms with Crippen LogP contribution in [-0.2, 0) is 11.2 Å². The molecule has 0 amide bonds. The molecule has 0 N–H and O–H groups in total. The van der Waals surface area contributed by atoms with Crippen LogP contribution in [0.5, 0.6) is 0 Å². The number of aryl methyl sites for hydroxylation is 1. The van der Waals surface area contributed by atoms with E-state index in [1.54, 1.807) is 0 Å². The summed E-state index contributed by atoms with van der Waals surface area (Å²) >= 11 is 3.88. The van der Waals surface area contributed by atoms with Gasteiger partial charge in [0.1, 0.15) is 0 Å². The van der Waals surface area contributed by atoms with Crippen molar-refractivity contribution in [3.8, 4) is 0 Å². The summed E-state index contributed by atoms with van der Waals surface area (Å²) < 4.78 is 5.77. The van der Waals surface area contributed by atoms with Crippen LogP contribution in [0.3, 0.4) is 0 Å².